The number of phenolic OH excluding ortho intramolecular Hbond substituents is 1. The molecule has 2 aromatic carbocycles. The number of aromatic hydroxyl groups is 1. The molecule has 0 aromatic heterocycles. The molecule has 0 heterocycles. The highest BCUT2D eigenvalue weighted by Crippen LogP contribution is 2.27. The van der Waals surface area contributed by atoms with E-state index in [2.05, 4.69) is 19.2 Å². The third-order valence-electron chi connectivity index (χ3n) is 3.09. The van der Waals surface area contributed by atoms with Crippen LogP contribution in [0.2, 0.25) is 0 Å². The third kappa shape index (κ3) is 4.53. The molecule has 0 spiro atoms. The van der Waals surface area contributed by atoms with Crippen LogP contribution < -0.4 is 5.32 Å². The number of hydrogen-bond acceptors (Lipinski definition) is 3. The van der Waals surface area contributed by atoms with Gasteiger partial charge in [0.25, 0.3) is 0 Å². The molecule has 0 bridgehead atoms. The van der Waals surface area contributed by atoms with E-state index < -0.39 is 0 Å². The van der Waals surface area contributed by atoms with E-state index in [1.165, 1.54) is 17.3 Å². The predicted octanol–water partition coefficient (Wildman–Crippen LogP) is 4.25. The van der Waals surface area contributed by atoms with Crippen molar-refractivity contribution >= 4 is 23.4 Å². The lowest BCUT2D eigenvalue weighted by molar-refractivity contribution is -0.113. The number of amides is 1. The number of rotatable bonds is 5. The van der Waals surface area contributed by atoms with Crippen molar-refractivity contribution in [1.82, 2.24) is 0 Å². The number of anilines is 1. The molecule has 0 fully saturated rings. The minimum atomic E-state index is -0.0828. The summed E-state index contributed by atoms with van der Waals surface area (Å²) in [7, 11) is 0. The number of para-hydroxylation sites is 1. The van der Waals surface area contributed by atoms with Gasteiger partial charge in [0.1, 0.15) is 5.75 Å². The van der Waals surface area contributed by atoms with Gasteiger partial charge in [-0.05, 0) is 35.7 Å². The minimum absolute atomic E-state index is 0.0828. The van der Waals surface area contributed by atoms with Crippen molar-refractivity contribution in [3.05, 3.63) is 54.1 Å². The van der Waals surface area contributed by atoms with Gasteiger partial charge in [0.2, 0.25) is 5.91 Å². The first kappa shape index (κ1) is 15.4. The molecule has 2 rings (SSSR count). The zero-order valence-corrected chi connectivity index (χ0v) is 13.0. The molecule has 0 radical (unpaired) electrons. The van der Waals surface area contributed by atoms with Gasteiger partial charge in [0.05, 0.1) is 5.75 Å². The van der Waals surface area contributed by atoms with Gasteiger partial charge in [-0.15, -0.1) is 11.8 Å². The van der Waals surface area contributed by atoms with Crippen LogP contribution in [-0.4, -0.2) is 16.8 Å². The van der Waals surface area contributed by atoms with Gasteiger partial charge in [-0.3, -0.25) is 4.79 Å². The zero-order chi connectivity index (χ0) is 15.2. The van der Waals surface area contributed by atoms with Crippen LogP contribution in [0.1, 0.15) is 25.3 Å². The molecule has 0 unspecified atom stereocenters. The SMILES string of the molecule is CC(C)c1ccc(NC(=O)CSc2ccccc2O)cc1. The molecule has 0 aliphatic carbocycles. The molecule has 1 amide bonds. The quantitative estimate of drug-likeness (QED) is 0.812. The standard InChI is InChI=1S/C17H19NO2S/c1-12(2)13-7-9-14(10-8-13)18-17(20)11-21-16-6-4-3-5-15(16)19/h3-10,12,19H,11H2,1-2H3,(H,18,20). The van der Waals surface area contributed by atoms with Crippen molar-refractivity contribution in [2.75, 3.05) is 11.1 Å². The summed E-state index contributed by atoms with van der Waals surface area (Å²) in [6.07, 6.45) is 0. The lowest BCUT2D eigenvalue weighted by Crippen LogP contribution is -2.13. The van der Waals surface area contributed by atoms with Crippen LogP contribution in [0.15, 0.2) is 53.4 Å². The van der Waals surface area contributed by atoms with Gasteiger partial charge < -0.3 is 10.4 Å². The van der Waals surface area contributed by atoms with E-state index in [1.807, 2.05) is 30.3 Å². The fourth-order valence-corrected chi connectivity index (χ4v) is 2.62. The van der Waals surface area contributed by atoms with Gasteiger partial charge in [0, 0.05) is 10.6 Å². The number of carbonyl (C=O) groups is 1. The van der Waals surface area contributed by atoms with Crippen LogP contribution in [0.4, 0.5) is 5.69 Å². The zero-order valence-electron chi connectivity index (χ0n) is 12.2. The second kappa shape index (κ2) is 7.18. The Kier molecular flexibility index (Phi) is 5.28. The lowest BCUT2D eigenvalue weighted by atomic mass is 10.0. The van der Waals surface area contributed by atoms with Gasteiger partial charge in [-0.2, -0.15) is 0 Å². The summed E-state index contributed by atoms with van der Waals surface area (Å²) >= 11 is 1.32. The average molecular weight is 301 g/mol. The second-order valence-corrected chi connectivity index (χ2v) is 6.10. The fourth-order valence-electron chi connectivity index (χ4n) is 1.87. The summed E-state index contributed by atoms with van der Waals surface area (Å²) in [4.78, 5) is 12.6. The molecule has 0 saturated carbocycles. The maximum absolute atomic E-state index is 11.9. The van der Waals surface area contributed by atoms with Crippen LogP contribution in [0, 0.1) is 0 Å². The van der Waals surface area contributed by atoms with Gasteiger partial charge in [-0.1, -0.05) is 38.1 Å². The maximum Gasteiger partial charge on any atom is 0.234 e. The fraction of sp³-hybridized carbons (Fsp3) is 0.235. The molecule has 21 heavy (non-hydrogen) atoms. The molecule has 0 saturated heterocycles. The Morgan fingerprint density at radius 2 is 1.81 bits per heavy atom. The van der Waals surface area contributed by atoms with E-state index in [-0.39, 0.29) is 17.4 Å². The topological polar surface area (TPSA) is 49.3 Å². The number of nitrogens with one attached hydrogen (secondary N) is 1. The lowest BCUT2D eigenvalue weighted by Gasteiger charge is -2.08. The number of thioether (sulfide) groups is 1. The van der Waals surface area contributed by atoms with E-state index in [9.17, 15) is 9.90 Å². The van der Waals surface area contributed by atoms with E-state index >= 15 is 0 Å². The first-order chi connectivity index (χ1) is 10.1. The molecule has 0 aliphatic heterocycles. The van der Waals surface area contributed by atoms with Gasteiger partial charge in [-0.25, -0.2) is 0 Å². The Balaban J connectivity index is 1.88. The van der Waals surface area contributed by atoms with E-state index in [1.54, 1.807) is 18.2 Å². The third-order valence-corrected chi connectivity index (χ3v) is 4.15. The van der Waals surface area contributed by atoms with Gasteiger partial charge >= 0.3 is 0 Å². The molecule has 4 heteroatoms. The number of benzene rings is 2. The maximum atomic E-state index is 11.9. The molecule has 0 aliphatic rings. The van der Waals surface area contributed by atoms with Crippen LogP contribution in [0.3, 0.4) is 0 Å². The number of phenols is 1. The van der Waals surface area contributed by atoms with E-state index in [0.29, 0.717) is 10.8 Å². The van der Waals surface area contributed by atoms with Gasteiger partial charge in [0.15, 0.2) is 0 Å². The van der Waals surface area contributed by atoms with E-state index in [0.717, 1.165) is 5.69 Å². The van der Waals surface area contributed by atoms with Crippen molar-refractivity contribution in [2.45, 2.75) is 24.7 Å². The van der Waals surface area contributed by atoms with Crippen LogP contribution in [-0.2, 0) is 4.79 Å². The molecule has 3 nitrogen and oxygen atoms in total. The van der Waals surface area contributed by atoms with Crippen molar-refractivity contribution in [1.29, 1.82) is 0 Å². The highest BCUT2D eigenvalue weighted by atomic mass is 32.2. The van der Waals surface area contributed by atoms with Crippen LogP contribution >= 0.6 is 11.8 Å². The summed E-state index contributed by atoms with van der Waals surface area (Å²) < 4.78 is 0. The van der Waals surface area contributed by atoms with Crippen molar-refractivity contribution < 1.29 is 9.90 Å². The normalized spacial score (nSPS) is 10.6. The summed E-state index contributed by atoms with van der Waals surface area (Å²) in [5.41, 5.74) is 2.04. The Morgan fingerprint density at radius 3 is 2.43 bits per heavy atom. The summed E-state index contributed by atoms with van der Waals surface area (Å²) in [6.45, 7) is 4.27. The molecule has 2 N–H and O–H groups in total. The Hall–Kier alpha value is -1.94. The number of hydrogen-bond donors (Lipinski definition) is 2. The molecular formula is C17H19NO2S. The Morgan fingerprint density at radius 1 is 1.14 bits per heavy atom. The minimum Gasteiger partial charge on any atom is -0.507 e. The Bertz CT molecular complexity index is 608. The largest absolute Gasteiger partial charge is 0.507 e. The number of carbonyl (C=O) groups excluding carboxylic acids is 1. The molecule has 110 valence electrons. The van der Waals surface area contributed by atoms with E-state index in [4.69, 9.17) is 0 Å². The second-order valence-electron chi connectivity index (χ2n) is 5.08. The monoisotopic (exact) mass is 301 g/mol. The average Bonchev–Trinajstić information content (AvgIpc) is 2.47. The van der Waals surface area contributed by atoms with Crippen molar-refractivity contribution in [2.24, 2.45) is 0 Å². The smallest absolute Gasteiger partial charge is 0.234 e. The summed E-state index contributed by atoms with van der Waals surface area (Å²) in [5, 5.41) is 12.5. The first-order valence-electron chi connectivity index (χ1n) is 6.87. The molecule has 0 atom stereocenters. The predicted molar refractivity (Wildman–Crippen MR) is 88.0 cm³/mol. The summed E-state index contributed by atoms with van der Waals surface area (Å²) in [6, 6.07) is 14.9. The highest BCUT2D eigenvalue weighted by Gasteiger charge is 2.06. The Labute approximate surface area is 129 Å². The molecule has 2 aromatic rings. The summed E-state index contributed by atoms with van der Waals surface area (Å²) in [5.74, 6) is 0.868. The first-order valence-corrected chi connectivity index (χ1v) is 7.85. The van der Waals surface area contributed by atoms with Crippen molar-refractivity contribution in [3.63, 3.8) is 0 Å². The van der Waals surface area contributed by atoms with Crippen LogP contribution in [0.25, 0.3) is 0 Å². The van der Waals surface area contributed by atoms with Crippen molar-refractivity contribution in [3.8, 4) is 5.75 Å². The molecular weight excluding hydrogens is 282 g/mol. The van der Waals surface area contributed by atoms with Crippen LogP contribution in [0.5, 0.6) is 5.75 Å². The highest BCUT2D eigenvalue weighted by molar-refractivity contribution is 8.00.